The first-order valence-corrected chi connectivity index (χ1v) is 13.3. The van der Waals surface area contributed by atoms with E-state index in [1.54, 1.807) is 0 Å². The van der Waals surface area contributed by atoms with E-state index in [0.29, 0.717) is 0 Å². The first-order chi connectivity index (χ1) is 15.7. The molecular formula is C24H28Br2N2O5. The summed E-state index contributed by atoms with van der Waals surface area (Å²) < 4.78 is 5.21. The molecule has 3 amide bonds. The van der Waals surface area contributed by atoms with Crippen molar-refractivity contribution in [1.29, 1.82) is 0 Å². The third-order valence-corrected chi connectivity index (χ3v) is 10.6. The van der Waals surface area contributed by atoms with E-state index in [1.165, 1.54) is 6.92 Å². The van der Waals surface area contributed by atoms with Gasteiger partial charge in [0.15, 0.2) is 6.61 Å². The van der Waals surface area contributed by atoms with Gasteiger partial charge in [0.05, 0.1) is 11.8 Å². The molecule has 1 aliphatic heterocycles. The Kier molecular flexibility index (Phi) is 7.01. The Hall–Kier alpha value is -1.74. The van der Waals surface area contributed by atoms with E-state index in [1.807, 2.05) is 32.0 Å². The van der Waals surface area contributed by atoms with Gasteiger partial charge in [-0.2, -0.15) is 0 Å². The van der Waals surface area contributed by atoms with Gasteiger partial charge in [-0.05, 0) is 49.1 Å². The normalized spacial score (nSPS) is 31.0. The summed E-state index contributed by atoms with van der Waals surface area (Å²) in [4.78, 5) is 52.7. The number of alkyl halides is 2. The molecule has 0 unspecified atom stereocenters. The highest BCUT2D eigenvalue weighted by Gasteiger charge is 2.67. The molecule has 3 aliphatic rings. The molecule has 2 aliphatic carbocycles. The summed E-state index contributed by atoms with van der Waals surface area (Å²) in [5, 5.41) is 2.85. The number of nitrogens with zero attached hydrogens (tertiary/aromatic N) is 1. The largest absolute Gasteiger partial charge is 0.454 e. The molecule has 1 heterocycles. The van der Waals surface area contributed by atoms with Crippen LogP contribution in [0.3, 0.4) is 0 Å². The minimum absolute atomic E-state index is 0.0752. The monoisotopic (exact) mass is 582 g/mol. The number of hydrogen-bond acceptors (Lipinski definition) is 5. The van der Waals surface area contributed by atoms with Crippen LogP contribution in [0.15, 0.2) is 18.2 Å². The van der Waals surface area contributed by atoms with Crippen LogP contribution in [0.4, 0.5) is 5.69 Å². The van der Waals surface area contributed by atoms with Crippen LogP contribution in [0.1, 0.15) is 38.3 Å². The van der Waals surface area contributed by atoms with Gasteiger partial charge in [0, 0.05) is 15.3 Å². The van der Waals surface area contributed by atoms with E-state index in [9.17, 15) is 19.2 Å². The molecule has 1 aromatic rings. The van der Waals surface area contributed by atoms with Crippen molar-refractivity contribution in [3.05, 3.63) is 29.3 Å². The third kappa shape index (κ3) is 4.05. The van der Waals surface area contributed by atoms with Gasteiger partial charge in [0.2, 0.25) is 11.8 Å². The second-order valence-electron chi connectivity index (χ2n) is 9.04. The Morgan fingerprint density at radius 1 is 1.06 bits per heavy atom. The maximum absolute atomic E-state index is 13.1. The number of hydrogen-bond donors (Lipinski definition) is 1. The number of para-hydroxylation sites is 1. The summed E-state index contributed by atoms with van der Waals surface area (Å²) in [5.74, 6) is -2.46. The van der Waals surface area contributed by atoms with Gasteiger partial charge in [0.1, 0.15) is 6.04 Å². The number of likely N-dealkylation sites (tertiary alicyclic amines) is 1. The highest BCUT2D eigenvalue weighted by Crippen LogP contribution is 2.60. The molecule has 9 heteroatoms. The lowest BCUT2D eigenvalue weighted by atomic mass is 9.81. The lowest BCUT2D eigenvalue weighted by Gasteiger charge is -2.28. The highest BCUT2D eigenvalue weighted by molar-refractivity contribution is 9.12. The van der Waals surface area contributed by atoms with Crippen molar-refractivity contribution in [3.8, 4) is 0 Å². The molecular weight excluding hydrogens is 556 g/mol. The minimum atomic E-state index is -1.07. The maximum atomic E-state index is 13.1. The molecule has 33 heavy (non-hydrogen) atoms. The van der Waals surface area contributed by atoms with Crippen molar-refractivity contribution in [3.63, 3.8) is 0 Å². The van der Waals surface area contributed by atoms with Crippen molar-refractivity contribution in [2.75, 3.05) is 11.9 Å². The Labute approximate surface area is 210 Å². The second kappa shape index (κ2) is 9.49. The van der Waals surface area contributed by atoms with Crippen molar-refractivity contribution in [2.45, 2.75) is 55.7 Å². The molecule has 1 saturated heterocycles. The van der Waals surface area contributed by atoms with E-state index in [0.717, 1.165) is 41.0 Å². The fourth-order valence-electron chi connectivity index (χ4n) is 5.69. The van der Waals surface area contributed by atoms with Crippen LogP contribution in [0.2, 0.25) is 0 Å². The third-order valence-electron chi connectivity index (χ3n) is 7.36. The standard InChI is InChI=1S/C24H28Br2N2O5/c1-4-12-7-6-8-13(5-2)21(12)27-16(29)10-33-24(32)11(3)28-22(30)17-14-9-15(18(17)23(28)31)20(26)19(14)25/h6-8,11,14-15,17-20H,4-5,9-10H2,1-3H3,(H,27,29)/t11-,14+,15+,17-,18+,19-,20-/m0/s1. The molecule has 0 radical (unpaired) electrons. The van der Waals surface area contributed by atoms with Gasteiger partial charge >= 0.3 is 5.97 Å². The van der Waals surface area contributed by atoms with Gasteiger partial charge in [-0.25, -0.2) is 4.79 Å². The molecule has 7 nitrogen and oxygen atoms in total. The molecule has 2 bridgehead atoms. The van der Waals surface area contributed by atoms with Gasteiger partial charge in [-0.15, -0.1) is 0 Å². The molecule has 0 spiro atoms. The number of carbonyl (C=O) groups excluding carboxylic acids is 4. The number of imide groups is 1. The molecule has 7 atom stereocenters. The summed E-state index contributed by atoms with van der Waals surface area (Å²) in [5.41, 5.74) is 2.76. The number of ether oxygens (including phenoxy) is 1. The van der Waals surface area contributed by atoms with E-state index < -0.39 is 36.4 Å². The van der Waals surface area contributed by atoms with Gasteiger partial charge in [-0.1, -0.05) is 63.9 Å². The number of esters is 1. The average Bonchev–Trinajstić information content (AvgIpc) is 3.41. The van der Waals surface area contributed by atoms with E-state index in [4.69, 9.17) is 4.74 Å². The average molecular weight is 584 g/mol. The smallest absolute Gasteiger partial charge is 0.329 e. The van der Waals surface area contributed by atoms with Crippen LogP contribution in [0.25, 0.3) is 0 Å². The molecule has 0 aromatic heterocycles. The summed E-state index contributed by atoms with van der Waals surface area (Å²) in [6, 6.07) is 4.79. The Balaban J connectivity index is 1.39. The predicted molar refractivity (Wildman–Crippen MR) is 130 cm³/mol. The lowest BCUT2D eigenvalue weighted by molar-refractivity contribution is -0.159. The number of fused-ring (bicyclic) bond motifs is 5. The van der Waals surface area contributed by atoms with Crippen LogP contribution in [0, 0.1) is 23.7 Å². The molecule has 1 N–H and O–H groups in total. The molecule has 2 saturated carbocycles. The number of benzene rings is 1. The minimum Gasteiger partial charge on any atom is -0.454 e. The van der Waals surface area contributed by atoms with Crippen molar-refractivity contribution < 1.29 is 23.9 Å². The topological polar surface area (TPSA) is 92.8 Å². The molecule has 1 aromatic carbocycles. The quantitative estimate of drug-likeness (QED) is 0.301. The SMILES string of the molecule is CCc1cccc(CC)c1NC(=O)COC(=O)[C@H](C)N1C(=O)[C@@H]2[C@H]3C[C@@H]([C@H](Br)[C@H]3Br)[C@@H]2C1=O. The van der Waals surface area contributed by atoms with E-state index in [-0.39, 0.29) is 33.3 Å². The summed E-state index contributed by atoms with van der Waals surface area (Å²) in [6.45, 7) is 5.02. The maximum Gasteiger partial charge on any atom is 0.329 e. The first kappa shape index (κ1) is 24.4. The van der Waals surface area contributed by atoms with Gasteiger partial charge in [0.25, 0.3) is 5.91 Å². The number of aryl methyl sites for hydroxylation is 2. The van der Waals surface area contributed by atoms with Crippen LogP contribution in [-0.2, 0) is 36.8 Å². The highest BCUT2D eigenvalue weighted by atomic mass is 79.9. The fraction of sp³-hybridized carbons (Fsp3) is 0.583. The number of anilines is 1. The van der Waals surface area contributed by atoms with Crippen LogP contribution < -0.4 is 5.32 Å². The van der Waals surface area contributed by atoms with Gasteiger partial charge in [-0.3, -0.25) is 19.3 Å². The van der Waals surface area contributed by atoms with Crippen LogP contribution >= 0.6 is 31.9 Å². The number of carbonyl (C=O) groups is 4. The van der Waals surface area contributed by atoms with Crippen molar-refractivity contribution in [2.24, 2.45) is 23.7 Å². The summed E-state index contributed by atoms with van der Waals surface area (Å²) >= 11 is 7.31. The van der Waals surface area contributed by atoms with E-state index >= 15 is 0 Å². The van der Waals surface area contributed by atoms with Crippen molar-refractivity contribution >= 4 is 61.2 Å². The number of amides is 3. The molecule has 4 rings (SSSR count). The van der Waals surface area contributed by atoms with Gasteiger partial charge < -0.3 is 10.1 Å². The fourth-order valence-corrected chi connectivity index (χ4v) is 7.57. The number of rotatable bonds is 7. The van der Waals surface area contributed by atoms with Crippen LogP contribution in [-0.4, -0.2) is 50.9 Å². The van der Waals surface area contributed by atoms with E-state index in [2.05, 4.69) is 37.2 Å². The Morgan fingerprint density at radius 3 is 2.06 bits per heavy atom. The lowest BCUT2D eigenvalue weighted by Crippen LogP contribution is -2.45. The molecule has 3 fully saturated rings. The summed E-state index contributed by atoms with van der Waals surface area (Å²) in [7, 11) is 0. The Bertz CT molecular complexity index is 945. The van der Waals surface area contributed by atoms with Crippen molar-refractivity contribution in [1.82, 2.24) is 4.90 Å². The first-order valence-electron chi connectivity index (χ1n) is 11.4. The zero-order chi connectivity index (χ0) is 24.0. The summed E-state index contributed by atoms with van der Waals surface area (Å²) in [6.07, 6.45) is 2.34. The number of nitrogens with one attached hydrogen (secondary N) is 1. The molecule has 178 valence electrons. The zero-order valence-electron chi connectivity index (χ0n) is 18.8. The second-order valence-corrected chi connectivity index (χ2v) is 11.2. The van der Waals surface area contributed by atoms with Crippen LogP contribution in [0.5, 0.6) is 0 Å². The number of halogens is 2. The zero-order valence-corrected chi connectivity index (χ0v) is 22.0. The predicted octanol–water partition coefficient (Wildman–Crippen LogP) is 3.46. The Morgan fingerprint density at radius 2 is 1.58 bits per heavy atom.